The molecule has 0 aromatic heterocycles. The summed E-state index contributed by atoms with van der Waals surface area (Å²) in [4.78, 5) is 24.7. The zero-order chi connectivity index (χ0) is 16.9. The number of alkyl halides is 3. The molecule has 1 saturated carbocycles. The Balaban J connectivity index is 1.73. The maximum Gasteiger partial charge on any atom is 0.471 e. The summed E-state index contributed by atoms with van der Waals surface area (Å²) in [6.07, 6.45) is 3.63. The molecule has 1 heterocycles. The molecule has 1 saturated heterocycles. The molecule has 1 N–H and O–H groups in total. The molecule has 2 aliphatic rings. The Morgan fingerprint density at radius 1 is 1.13 bits per heavy atom. The third-order valence-corrected chi connectivity index (χ3v) is 4.56. The van der Waals surface area contributed by atoms with E-state index < -0.39 is 12.1 Å². The molecule has 130 valence electrons. The number of rotatable bonds is 3. The van der Waals surface area contributed by atoms with Gasteiger partial charge < -0.3 is 10.2 Å². The summed E-state index contributed by atoms with van der Waals surface area (Å²) in [5, 5.41) is 1.92. The molecule has 1 aliphatic carbocycles. The Bertz CT molecular complexity index is 458. The van der Waals surface area contributed by atoms with Crippen molar-refractivity contribution < 1.29 is 22.8 Å². The van der Waals surface area contributed by atoms with E-state index in [2.05, 4.69) is 0 Å². The number of hydrogen-bond acceptors (Lipinski definition) is 2. The van der Waals surface area contributed by atoms with Crippen LogP contribution in [-0.4, -0.2) is 42.5 Å². The fourth-order valence-electron chi connectivity index (χ4n) is 3.11. The van der Waals surface area contributed by atoms with Crippen LogP contribution in [0.25, 0.3) is 0 Å². The van der Waals surface area contributed by atoms with E-state index in [1.54, 1.807) is 11.0 Å². The van der Waals surface area contributed by atoms with E-state index in [1.807, 2.05) is 5.32 Å². The lowest BCUT2D eigenvalue weighted by atomic mass is 9.93. The number of carbonyl (C=O) groups excluding carboxylic acids is 2. The molecule has 0 spiro atoms. The Hall–Kier alpha value is -1.53. The molecular formula is C16H23F3N2O2. The van der Waals surface area contributed by atoms with E-state index in [0.717, 1.165) is 25.7 Å². The van der Waals surface area contributed by atoms with Crippen molar-refractivity contribution in [3.8, 4) is 0 Å². The highest BCUT2D eigenvalue weighted by Crippen LogP contribution is 2.24. The summed E-state index contributed by atoms with van der Waals surface area (Å²) < 4.78 is 36.4. The van der Waals surface area contributed by atoms with Crippen LogP contribution in [0, 0.1) is 5.92 Å². The van der Waals surface area contributed by atoms with Crippen molar-refractivity contribution in [3.05, 3.63) is 11.6 Å². The van der Waals surface area contributed by atoms with Gasteiger partial charge in [0.25, 0.3) is 0 Å². The van der Waals surface area contributed by atoms with Crippen molar-refractivity contribution in [2.75, 3.05) is 19.6 Å². The van der Waals surface area contributed by atoms with Gasteiger partial charge in [-0.1, -0.05) is 12.0 Å². The van der Waals surface area contributed by atoms with Crippen molar-refractivity contribution in [2.24, 2.45) is 5.92 Å². The molecule has 2 rings (SSSR count). The first-order valence-corrected chi connectivity index (χ1v) is 8.19. The van der Waals surface area contributed by atoms with Crippen LogP contribution in [0.15, 0.2) is 11.6 Å². The number of nitrogens with zero attached hydrogens (tertiary/aromatic N) is 1. The molecule has 2 amide bonds. The number of hydrogen-bond donors (Lipinski definition) is 1. The molecule has 23 heavy (non-hydrogen) atoms. The van der Waals surface area contributed by atoms with Gasteiger partial charge in [-0.2, -0.15) is 13.2 Å². The van der Waals surface area contributed by atoms with E-state index in [-0.39, 0.29) is 18.4 Å². The highest BCUT2D eigenvalue weighted by Gasteiger charge is 2.38. The number of allylic oxidation sites excluding steroid dienone is 1. The van der Waals surface area contributed by atoms with Crippen LogP contribution >= 0.6 is 0 Å². The van der Waals surface area contributed by atoms with Gasteiger partial charge in [0.15, 0.2) is 0 Å². The maximum absolute atomic E-state index is 12.2. The topological polar surface area (TPSA) is 49.4 Å². The third kappa shape index (κ3) is 5.55. The summed E-state index contributed by atoms with van der Waals surface area (Å²) >= 11 is 0. The fraction of sp³-hybridized carbons (Fsp3) is 0.750. The Morgan fingerprint density at radius 2 is 1.74 bits per heavy atom. The van der Waals surface area contributed by atoms with Gasteiger partial charge >= 0.3 is 12.1 Å². The minimum atomic E-state index is -4.83. The lowest BCUT2D eigenvalue weighted by Gasteiger charge is -2.31. The van der Waals surface area contributed by atoms with Crippen LogP contribution in [0.5, 0.6) is 0 Å². The molecule has 1 aliphatic heterocycles. The molecule has 4 nitrogen and oxygen atoms in total. The smallest absolute Gasteiger partial charge is 0.348 e. The molecule has 0 atom stereocenters. The predicted octanol–water partition coefficient (Wildman–Crippen LogP) is 2.79. The number of amides is 2. The van der Waals surface area contributed by atoms with E-state index in [1.165, 1.54) is 12.0 Å². The summed E-state index contributed by atoms with van der Waals surface area (Å²) in [5.74, 6) is -1.88. The zero-order valence-corrected chi connectivity index (χ0v) is 13.1. The molecule has 0 unspecified atom stereocenters. The summed E-state index contributed by atoms with van der Waals surface area (Å²) in [6, 6.07) is 0. The Morgan fingerprint density at radius 3 is 2.30 bits per heavy atom. The first-order valence-electron chi connectivity index (χ1n) is 8.19. The zero-order valence-electron chi connectivity index (χ0n) is 13.1. The average molecular weight is 332 g/mol. The van der Waals surface area contributed by atoms with Crippen LogP contribution < -0.4 is 5.32 Å². The van der Waals surface area contributed by atoms with E-state index >= 15 is 0 Å². The van der Waals surface area contributed by atoms with Crippen LogP contribution in [0.4, 0.5) is 13.2 Å². The van der Waals surface area contributed by atoms with Crippen molar-refractivity contribution in [1.82, 2.24) is 10.2 Å². The van der Waals surface area contributed by atoms with Gasteiger partial charge in [-0.05, 0) is 44.4 Å². The predicted molar refractivity (Wildman–Crippen MR) is 79.5 cm³/mol. The van der Waals surface area contributed by atoms with Crippen LogP contribution in [0.1, 0.15) is 44.9 Å². The largest absolute Gasteiger partial charge is 0.471 e. The Labute approximate surface area is 134 Å². The minimum Gasteiger partial charge on any atom is -0.348 e. The minimum absolute atomic E-state index is 0.00677. The normalized spacial score (nSPS) is 20.3. The first-order chi connectivity index (χ1) is 10.9. The van der Waals surface area contributed by atoms with Crippen LogP contribution in [0.2, 0.25) is 0 Å². The number of nitrogens with one attached hydrogen (secondary N) is 1. The van der Waals surface area contributed by atoms with E-state index in [9.17, 15) is 22.8 Å². The van der Waals surface area contributed by atoms with Crippen LogP contribution in [-0.2, 0) is 9.59 Å². The second kappa shape index (κ2) is 7.84. The lowest BCUT2D eigenvalue weighted by Crippen LogP contribution is -2.43. The summed E-state index contributed by atoms with van der Waals surface area (Å²) in [7, 11) is 0. The second-order valence-electron chi connectivity index (χ2n) is 6.34. The number of carbonyl (C=O) groups is 2. The monoisotopic (exact) mass is 332 g/mol. The maximum atomic E-state index is 12.2. The summed E-state index contributed by atoms with van der Waals surface area (Å²) in [5.41, 5.74) is 1.21. The highest BCUT2D eigenvalue weighted by molar-refractivity contribution is 5.88. The standard InChI is InChI=1S/C16H23F3N2O2/c17-16(18,19)15(23)20-11-13-6-8-21(9-7-13)14(22)10-12-4-2-1-3-5-12/h10,13H,1-9,11H2,(H,20,23). The van der Waals surface area contributed by atoms with Crippen molar-refractivity contribution in [3.63, 3.8) is 0 Å². The molecule has 0 aromatic carbocycles. The van der Waals surface area contributed by atoms with E-state index in [0.29, 0.717) is 25.9 Å². The van der Waals surface area contributed by atoms with Crippen molar-refractivity contribution >= 4 is 11.8 Å². The van der Waals surface area contributed by atoms with Crippen LogP contribution in [0.3, 0.4) is 0 Å². The molecule has 0 aromatic rings. The molecule has 7 heteroatoms. The SMILES string of the molecule is O=C(C=C1CCCCC1)N1CCC(CNC(=O)C(F)(F)F)CC1. The molecule has 0 bridgehead atoms. The number of piperidine rings is 1. The lowest BCUT2D eigenvalue weighted by molar-refractivity contribution is -0.173. The fourth-order valence-corrected chi connectivity index (χ4v) is 3.11. The number of likely N-dealkylation sites (tertiary alicyclic amines) is 1. The first kappa shape index (κ1) is 17.8. The van der Waals surface area contributed by atoms with Gasteiger partial charge in [-0.25, -0.2) is 0 Å². The molecule has 0 radical (unpaired) electrons. The number of halogens is 3. The Kier molecular flexibility index (Phi) is 6.07. The van der Waals surface area contributed by atoms with Gasteiger partial charge in [0.1, 0.15) is 0 Å². The molecular weight excluding hydrogens is 309 g/mol. The second-order valence-corrected chi connectivity index (χ2v) is 6.34. The quantitative estimate of drug-likeness (QED) is 0.808. The van der Waals surface area contributed by atoms with Gasteiger partial charge in [-0.15, -0.1) is 0 Å². The van der Waals surface area contributed by atoms with Gasteiger partial charge in [-0.3, -0.25) is 9.59 Å². The molecule has 2 fully saturated rings. The van der Waals surface area contributed by atoms with Gasteiger partial charge in [0.05, 0.1) is 0 Å². The summed E-state index contributed by atoms with van der Waals surface area (Å²) in [6.45, 7) is 1.09. The third-order valence-electron chi connectivity index (χ3n) is 4.56. The van der Waals surface area contributed by atoms with Crippen molar-refractivity contribution in [1.29, 1.82) is 0 Å². The average Bonchev–Trinajstić information content (AvgIpc) is 2.53. The van der Waals surface area contributed by atoms with Gasteiger partial charge in [0.2, 0.25) is 5.91 Å². The van der Waals surface area contributed by atoms with Crippen molar-refractivity contribution in [2.45, 2.75) is 51.1 Å². The van der Waals surface area contributed by atoms with E-state index in [4.69, 9.17) is 0 Å². The highest BCUT2D eigenvalue weighted by atomic mass is 19.4. The van der Waals surface area contributed by atoms with Gasteiger partial charge in [0, 0.05) is 25.7 Å².